The first-order valence-corrected chi connectivity index (χ1v) is 12.8. The third-order valence-electron chi connectivity index (χ3n) is 7.85. The number of fused-ring (bicyclic) bond motifs is 3. The van der Waals surface area contributed by atoms with Crippen LogP contribution >= 0.6 is 11.6 Å². The molecule has 3 aliphatic rings. The van der Waals surface area contributed by atoms with Gasteiger partial charge in [-0.1, -0.05) is 36.2 Å². The zero-order valence-electron chi connectivity index (χ0n) is 19.6. The second-order valence-electron chi connectivity index (χ2n) is 10.1. The molecule has 0 spiro atoms. The van der Waals surface area contributed by atoms with Gasteiger partial charge in [-0.25, -0.2) is 4.68 Å². The summed E-state index contributed by atoms with van der Waals surface area (Å²) in [6, 6.07) is 7.75. The van der Waals surface area contributed by atoms with Crippen molar-refractivity contribution < 1.29 is 13.2 Å². The van der Waals surface area contributed by atoms with E-state index in [-0.39, 0.29) is 12.0 Å². The predicted molar refractivity (Wildman–Crippen MR) is 130 cm³/mol. The van der Waals surface area contributed by atoms with Crippen molar-refractivity contribution in [2.45, 2.75) is 56.8 Å². The number of halogens is 4. The Balaban J connectivity index is 1.22. The maximum atomic E-state index is 13.4. The highest BCUT2D eigenvalue weighted by Gasteiger charge is 2.43. The molecule has 190 valence electrons. The van der Waals surface area contributed by atoms with Gasteiger partial charge in [0.15, 0.2) is 5.15 Å². The van der Waals surface area contributed by atoms with Crippen LogP contribution < -0.4 is 10.2 Å². The SMILES string of the molecule is FC(F)(F)c1cccc([C@@H]2CCCCn3nc(N[C@H]4[C@@H]5CC[C@H]4CN(c4cnnc(Cl)c4)C5)nc32)c1. The van der Waals surface area contributed by atoms with E-state index < -0.39 is 11.7 Å². The number of nitrogens with one attached hydrogen (secondary N) is 1. The van der Waals surface area contributed by atoms with E-state index in [1.807, 2.05) is 10.7 Å². The minimum Gasteiger partial charge on any atom is -0.369 e. The largest absolute Gasteiger partial charge is 0.416 e. The summed E-state index contributed by atoms with van der Waals surface area (Å²) in [5.41, 5.74) is 1.01. The summed E-state index contributed by atoms with van der Waals surface area (Å²) in [5.74, 6) is 1.97. The quantitative estimate of drug-likeness (QED) is 0.501. The highest BCUT2D eigenvalue weighted by Crippen LogP contribution is 2.41. The van der Waals surface area contributed by atoms with Gasteiger partial charge < -0.3 is 10.2 Å². The van der Waals surface area contributed by atoms with Gasteiger partial charge in [0.1, 0.15) is 5.82 Å². The standard InChI is InChI=1S/C25H27ClF3N7/c26-21-11-19(12-30-33-21)35-13-16-7-8-17(14-35)22(16)31-24-32-23-20(6-1-2-9-36(23)34-24)15-4-3-5-18(10-15)25(27,28)29/h3-5,10-12,16-17,20,22H,1-2,6-9,13-14H2,(H,31,34)/t16-,17+,20-,22+/m0/s1. The summed E-state index contributed by atoms with van der Waals surface area (Å²) in [7, 11) is 0. The van der Waals surface area contributed by atoms with Crippen molar-refractivity contribution in [2.24, 2.45) is 11.8 Å². The Hall–Kier alpha value is -2.88. The molecule has 36 heavy (non-hydrogen) atoms. The Morgan fingerprint density at radius 2 is 1.83 bits per heavy atom. The van der Waals surface area contributed by atoms with Gasteiger partial charge in [-0.2, -0.15) is 23.3 Å². The summed E-state index contributed by atoms with van der Waals surface area (Å²) < 4.78 is 41.9. The molecule has 0 unspecified atom stereocenters. The number of piperidine rings is 1. The zero-order chi connectivity index (χ0) is 24.9. The Labute approximate surface area is 212 Å². The van der Waals surface area contributed by atoms with E-state index in [9.17, 15) is 13.2 Å². The number of nitrogens with zero attached hydrogens (tertiary/aromatic N) is 6. The lowest BCUT2D eigenvalue weighted by atomic mass is 9.92. The van der Waals surface area contributed by atoms with E-state index >= 15 is 0 Å². The number of hydrogen-bond acceptors (Lipinski definition) is 6. The molecule has 1 saturated heterocycles. The Morgan fingerprint density at radius 1 is 1.03 bits per heavy atom. The lowest BCUT2D eigenvalue weighted by Crippen LogP contribution is -2.48. The third kappa shape index (κ3) is 4.51. The molecule has 1 aliphatic carbocycles. The number of rotatable bonds is 4. The van der Waals surface area contributed by atoms with E-state index in [0.29, 0.717) is 28.5 Å². The molecule has 2 aromatic heterocycles. The third-order valence-corrected chi connectivity index (χ3v) is 8.03. The van der Waals surface area contributed by atoms with Crippen molar-refractivity contribution in [3.8, 4) is 0 Å². The molecule has 1 saturated carbocycles. The molecule has 1 aromatic carbocycles. The van der Waals surface area contributed by atoms with Crippen molar-refractivity contribution in [2.75, 3.05) is 23.3 Å². The number of aryl methyl sites for hydroxylation is 1. The summed E-state index contributed by atoms with van der Waals surface area (Å²) >= 11 is 6.05. The van der Waals surface area contributed by atoms with Crippen LogP contribution in [0, 0.1) is 11.8 Å². The Kier molecular flexibility index (Phi) is 6.02. The van der Waals surface area contributed by atoms with E-state index in [1.54, 1.807) is 12.3 Å². The number of anilines is 2. The van der Waals surface area contributed by atoms with Gasteiger partial charge in [0.2, 0.25) is 5.95 Å². The van der Waals surface area contributed by atoms with Crippen molar-refractivity contribution >= 4 is 23.2 Å². The summed E-state index contributed by atoms with van der Waals surface area (Å²) in [4.78, 5) is 7.17. The van der Waals surface area contributed by atoms with E-state index in [2.05, 4.69) is 20.4 Å². The predicted octanol–water partition coefficient (Wildman–Crippen LogP) is 5.38. The average molecular weight is 518 g/mol. The molecule has 2 fully saturated rings. The van der Waals surface area contributed by atoms with Crippen LogP contribution in [0.4, 0.5) is 24.8 Å². The normalized spacial score (nSPS) is 25.9. The van der Waals surface area contributed by atoms with E-state index in [4.69, 9.17) is 21.7 Å². The molecule has 0 radical (unpaired) electrons. The molecule has 3 aromatic rings. The second kappa shape index (κ2) is 9.21. The van der Waals surface area contributed by atoms with Gasteiger partial charge in [0.25, 0.3) is 0 Å². The molecular weight excluding hydrogens is 491 g/mol. The first kappa shape index (κ1) is 23.5. The average Bonchev–Trinajstić information content (AvgIpc) is 3.25. The molecular formula is C25H27ClF3N7. The van der Waals surface area contributed by atoms with Crippen LogP contribution in [-0.2, 0) is 12.7 Å². The van der Waals surface area contributed by atoms with Crippen LogP contribution in [0.5, 0.6) is 0 Å². The summed E-state index contributed by atoms with van der Waals surface area (Å²) in [6.07, 6.45) is 2.22. The van der Waals surface area contributed by atoms with Crippen LogP contribution in [0.2, 0.25) is 5.15 Å². The Bertz CT molecular complexity index is 1230. The van der Waals surface area contributed by atoms with Crippen LogP contribution in [0.1, 0.15) is 55.0 Å². The monoisotopic (exact) mass is 517 g/mol. The van der Waals surface area contributed by atoms with Crippen LogP contribution in [0.15, 0.2) is 36.5 Å². The minimum absolute atomic E-state index is 0.208. The van der Waals surface area contributed by atoms with Crippen molar-refractivity contribution in [3.05, 3.63) is 58.6 Å². The van der Waals surface area contributed by atoms with Crippen LogP contribution in [-0.4, -0.2) is 44.1 Å². The van der Waals surface area contributed by atoms with Gasteiger partial charge in [-0.05, 0) is 49.1 Å². The molecule has 6 rings (SSSR count). The maximum Gasteiger partial charge on any atom is 0.416 e. The van der Waals surface area contributed by atoms with Crippen molar-refractivity contribution in [1.29, 1.82) is 0 Å². The fraction of sp³-hybridized carbons (Fsp3) is 0.520. The smallest absolute Gasteiger partial charge is 0.369 e. The topological polar surface area (TPSA) is 71.8 Å². The van der Waals surface area contributed by atoms with Gasteiger partial charge in [-0.3, -0.25) is 0 Å². The summed E-state index contributed by atoms with van der Waals surface area (Å²) in [5, 5.41) is 16.6. The fourth-order valence-electron chi connectivity index (χ4n) is 6.15. The molecule has 0 amide bonds. The van der Waals surface area contributed by atoms with Crippen molar-refractivity contribution in [3.63, 3.8) is 0 Å². The van der Waals surface area contributed by atoms with Crippen molar-refractivity contribution in [1.82, 2.24) is 25.0 Å². The van der Waals surface area contributed by atoms with Gasteiger partial charge in [0.05, 0.1) is 17.4 Å². The lowest BCUT2D eigenvalue weighted by molar-refractivity contribution is -0.137. The first-order valence-electron chi connectivity index (χ1n) is 12.5. The molecule has 4 atom stereocenters. The first-order chi connectivity index (χ1) is 17.3. The van der Waals surface area contributed by atoms with Gasteiger partial charge in [0, 0.05) is 37.7 Å². The van der Waals surface area contributed by atoms with E-state index in [1.165, 1.54) is 12.1 Å². The Morgan fingerprint density at radius 3 is 2.58 bits per heavy atom. The van der Waals surface area contributed by atoms with Crippen LogP contribution in [0.3, 0.4) is 0 Å². The lowest BCUT2D eigenvalue weighted by Gasteiger charge is -2.39. The number of aromatic nitrogens is 5. The second-order valence-corrected chi connectivity index (χ2v) is 10.5. The molecule has 1 N–H and O–H groups in total. The maximum absolute atomic E-state index is 13.4. The zero-order valence-corrected chi connectivity index (χ0v) is 20.4. The molecule has 7 nitrogen and oxygen atoms in total. The number of benzene rings is 1. The highest BCUT2D eigenvalue weighted by molar-refractivity contribution is 6.29. The van der Waals surface area contributed by atoms with Crippen LogP contribution in [0.25, 0.3) is 0 Å². The fourth-order valence-corrected chi connectivity index (χ4v) is 6.30. The molecule has 4 heterocycles. The number of alkyl halides is 3. The molecule has 2 bridgehead atoms. The van der Waals surface area contributed by atoms with Gasteiger partial charge >= 0.3 is 6.18 Å². The minimum atomic E-state index is -4.37. The number of hydrogen-bond donors (Lipinski definition) is 1. The molecule has 2 aliphatic heterocycles. The summed E-state index contributed by atoms with van der Waals surface area (Å²) in [6.45, 7) is 2.49. The molecule has 11 heteroatoms. The highest BCUT2D eigenvalue weighted by atomic mass is 35.5. The van der Waals surface area contributed by atoms with E-state index in [0.717, 1.165) is 69.3 Å². The van der Waals surface area contributed by atoms with Gasteiger partial charge in [-0.15, -0.1) is 10.2 Å².